The van der Waals surface area contributed by atoms with Crippen molar-refractivity contribution in [1.29, 1.82) is 0 Å². The highest BCUT2D eigenvalue weighted by atomic mass is 32.1. The molecule has 1 amide bonds. The minimum absolute atomic E-state index is 0.155. The lowest BCUT2D eigenvalue weighted by Gasteiger charge is -2.10. The number of nitrogens with one attached hydrogen (secondary N) is 3. The van der Waals surface area contributed by atoms with Gasteiger partial charge in [0.1, 0.15) is 17.4 Å². The smallest absolute Gasteiger partial charge is 0.284 e. The second-order valence-electron chi connectivity index (χ2n) is 7.53. The maximum atomic E-state index is 13.7. The Morgan fingerprint density at radius 3 is 2.56 bits per heavy atom. The summed E-state index contributed by atoms with van der Waals surface area (Å²) >= 11 is 5.07. The van der Waals surface area contributed by atoms with E-state index in [0.717, 1.165) is 39.9 Å². The quantitative estimate of drug-likeness (QED) is 0.268. The molecule has 0 saturated heterocycles. The molecule has 0 aliphatic carbocycles. The lowest BCUT2D eigenvalue weighted by molar-refractivity contribution is -0.110. The van der Waals surface area contributed by atoms with Gasteiger partial charge in [-0.15, -0.1) is 0 Å². The van der Waals surface area contributed by atoms with Crippen LogP contribution in [0.4, 0.5) is 14.5 Å². The summed E-state index contributed by atoms with van der Waals surface area (Å²) < 4.78 is 34.2. The summed E-state index contributed by atoms with van der Waals surface area (Å²) in [5, 5.41) is 3.38. The zero-order valence-corrected chi connectivity index (χ0v) is 19.1. The molecule has 0 saturated carbocycles. The van der Waals surface area contributed by atoms with Crippen LogP contribution in [0.2, 0.25) is 0 Å². The lowest BCUT2D eigenvalue weighted by Crippen LogP contribution is -2.42. The van der Waals surface area contributed by atoms with Crippen molar-refractivity contribution < 1.29 is 18.3 Å². The van der Waals surface area contributed by atoms with E-state index in [4.69, 9.17) is 17.0 Å². The van der Waals surface area contributed by atoms with Crippen LogP contribution in [0, 0.1) is 11.6 Å². The van der Waals surface area contributed by atoms with Gasteiger partial charge in [-0.2, -0.15) is 0 Å². The fourth-order valence-electron chi connectivity index (χ4n) is 3.57. The number of methoxy groups -OCH3 is 1. The number of hydrogen-bond donors (Lipinski definition) is 3. The molecular formula is C25H22F2N4O2S. The van der Waals surface area contributed by atoms with Gasteiger partial charge in [-0.3, -0.25) is 4.79 Å². The Morgan fingerprint density at radius 2 is 1.82 bits per heavy atom. The number of carbonyl (C=O) groups excluding carboxylic acids is 1. The molecular weight excluding hydrogens is 458 g/mol. The highest BCUT2D eigenvalue weighted by molar-refractivity contribution is 7.82. The largest absolute Gasteiger partial charge is 0.497 e. The van der Waals surface area contributed by atoms with E-state index in [-0.39, 0.29) is 10.7 Å². The standard InChI is InChI=1S/C25H22F2N4O2S/c1-33-19-9-6-16(7-10-19)14-31-15-17(20-4-2-3-5-23(20)31)13-28-30-25(34)24(32)29-22-11-8-18(26)12-21(22)27/h2-12,15,28H,13-14H2,1H3,(H,29,32)(H,30,34). The first-order chi connectivity index (χ1) is 16.4. The Balaban J connectivity index is 1.40. The molecule has 0 unspecified atom stereocenters. The zero-order valence-electron chi connectivity index (χ0n) is 18.3. The van der Waals surface area contributed by atoms with Crippen LogP contribution in [0.1, 0.15) is 11.1 Å². The van der Waals surface area contributed by atoms with Gasteiger partial charge in [0.2, 0.25) is 0 Å². The molecule has 34 heavy (non-hydrogen) atoms. The number of halogens is 2. The Hall–Kier alpha value is -3.82. The van der Waals surface area contributed by atoms with Crippen molar-refractivity contribution in [3.05, 3.63) is 95.7 Å². The number of thiocarbonyl (C=S) groups is 1. The number of fused-ring (bicyclic) bond motifs is 1. The van der Waals surface area contributed by atoms with Crippen molar-refractivity contribution in [2.75, 3.05) is 12.4 Å². The molecule has 0 radical (unpaired) electrons. The lowest BCUT2D eigenvalue weighted by atomic mass is 10.2. The van der Waals surface area contributed by atoms with Crippen LogP contribution >= 0.6 is 12.2 Å². The molecule has 4 rings (SSSR count). The molecule has 0 spiro atoms. The Kier molecular flexibility index (Phi) is 7.15. The maximum absolute atomic E-state index is 13.7. The first kappa shape index (κ1) is 23.3. The van der Waals surface area contributed by atoms with Crippen molar-refractivity contribution in [3.63, 3.8) is 0 Å². The third-order valence-electron chi connectivity index (χ3n) is 5.25. The van der Waals surface area contributed by atoms with Crippen molar-refractivity contribution in [2.45, 2.75) is 13.1 Å². The van der Waals surface area contributed by atoms with Crippen LogP contribution in [0.5, 0.6) is 5.75 Å². The molecule has 4 aromatic rings. The number of nitrogens with zero attached hydrogens (tertiary/aromatic N) is 1. The average molecular weight is 481 g/mol. The normalized spacial score (nSPS) is 10.8. The first-order valence-corrected chi connectivity index (χ1v) is 10.8. The summed E-state index contributed by atoms with van der Waals surface area (Å²) in [5.74, 6) is -1.52. The van der Waals surface area contributed by atoms with Crippen LogP contribution in [-0.4, -0.2) is 22.6 Å². The molecule has 9 heteroatoms. The Bertz CT molecular complexity index is 1340. The van der Waals surface area contributed by atoms with E-state index in [1.165, 1.54) is 0 Å². The molecule has 0 atom stereocenters. The summed E-state index contributed by atoms with van der Waals surface area (Å²) in [4.78, 5) is 12.1. The average Bonchev–Trinajstić information content (AvgIpc) is 3.18. The third kappa shape index (κ3) is 5.38. The van der Waals surface area contributed by atoms with Crippen molar-refractivity contribution >= 4 is 39.7 Å². The fourth-order valence-corrected chi connectivity index (χ4v) is 3.69. The highest BCUT2D eigenvalue weighted by Crippen LogP contribution is 2.23. The molecule has 0 aliphatic rings. The monoisotopic (exact) mass is 480 g/mol. The van der Waals surface area contributed by atoms with Crippen molar-refractivity contribution in [3.8, 4) is 5.75 Å². The minimum atomic E-state index is -0.881. The molecule has 0 aliphatic heterocycles. The first-order valence-electron chi connectivity index (χ1n) is 10.4. The SMILES string of the molecule is COc1ccc(Cn2cc(CNNC(=S)C(=O)Nc3ccc(F)cc3F)c3ccccc32)cc1. The zero-order chi connectivity index (χ0) is 24.1. The Labute approximate surface area is 200 Å². The Morgan fingerprint density at radius 1 is 1.06 bits per heavy atom. The number of amides is 1. The highest BCUT2D eigenvalue weighted by Gasteiger charge is 2.13. The van der Waals surface area contributed by atoms with Crippen LogP contribution < -0.4 is 20.9 Å². The molecule has 1 aromatic heterocycles. The van der Waals surface area contributed by atoms with Gasteiger partial charge in [-0.05, 0) is 41.5 Å². The number of carbonyl (C=O) groups is 1. The van der Waals surface area contributed by atoms with Crippen molar-refractivity contribution in [1.82, 2.24) is 15.4 Å². The number of ether oxygens (including phenoxy) is 1. The minimum Gasteiger partial charge on any atom is -0.497 e. The predicted octanol–water partition coefficient (Wildman–Crippen LogP) is 4.54. The number of para-hydroxylation sites is 1. The van der Waals surface area contributed by atoms with E-state index in [0.29, 0.717) is 19.2 Å². The van der Waals surface area contributed by atoms with E-state index >= 15 is 0 Å². The second kappa shape index (κ2) is 10.4. The summed E-state index contributed by atoms with van der Waals surface area (Å²) in [7, 11) is 1.64. The molecule has 0 bridgehead atoms. The van der Waals surface area contributed by atoms with Gasteiger partial charge in [0.15, 0.2) is 4.99 Å². The van der Waals surface area contributed by atoms with Crippen molar-refractivity contribution in [2.24, 2.45) is 0 Å². The van der Waals surface area contributed by atoms with Gasteiger partial charge in [0.25, 0.3) is 5.91 Å². The number of hydrogen-bond acceptors (Lipinski definition) is 4. The van der Waals surface area contributed by atoms with Gasteiger partial charge in [0, 0.05) is 36.3 Å². The predicted molar refractivity (Wildman–Crippen MR) is 132 cm³/mol. The van der Waals surface area contributed by atoms with Gasteiger partial charge in [-0.1, -0.05) is 42.5 Å². The van der Waals surface area contributed by atoms with Crippen LogP contribution in [0.25, 0.3) is 10.9 Å². The van der Waals surface area contributed by atoms with E-state index < -0.39 is 17.5 Å². The van der Waals surface area contributed by atoms with E-state index in [9.17, 15) is 13.6 Å². The van der Waals surface area contributed by atoms with Crippen LogP contribution in [-0.2, 0) is 17.9 Å². The molecule has 0 fully saturated rings. The number of hydrazine groups is 1. The molecule has 3 aromatic carbocycles. The molecule has 1 heterocycles. The van der Waals surface area contributed by atoms with E-state index in [2.05, 4.69) is 20.7 Å². The van der Waals surface area contributed by atoms with Gasteiger partial charge < -0.3 is 20.0 Å². The number of benzene rings is 3. The van der Waals surface area contributed by atoms with E-state index in [1.807, 2.05) is 54.7 Å². The fraction of sp³-hybridized carbons (Fsp3) is 0.120. The summed E-state index contributed by atoms with van der Waals surface area (Å²) in [5.41, 5.74) is 8.66. The molecule has 3 N–H and O–H groups in total. The summed E-state index contributed by atoms with van der Waals surface area (Å²) in [6.45, 7) is 1.07. The molecule has 174 valence electrons. The van der Waals surface area contributed by atoms with E-state index in [1.54, 1.807) is 7.11 Å². The van der Waals surface area contributed by atoms with Crippen LogP contribution in [0.15, 0.2) is 72.9 Å². The third-order valence-corrected chi connectivity index (χ3v) is 5.54. The number of rotatable bonds is 7. The number of aromatic nitrogens is 1. The van der Waals surface area contributed by atoms with Gasteiger partial charge >= 0.3 is 0 Å². The van der Waals surface area contributed by atoms with Gasteiger partial charge in [0.05, 0.1) is 12.8 Å². The van der Waals surface area contributed by atoms with Gasteiger partial charge in [-0.25, -0.2) is 14.2 Å². The molecule has 6 nitrogen and oxygen atoms in total. The summed E-state index contributed by atoms with van der Waals surface area (Å²) in [6, 6.07) is 18.8. The maximum Gasteiger partial charge on any atom is 0.284 e. The summed E-state index contributed by atoms with van der Waals surface area (Å²) in [6.07, 6.45) is 2.04. The topological polar surface area (TPSA) is 67.3 Å². The second-order valence-corrected chi connectivity index (χ2v) is 7.94. The van der Waals surface area contributed by atoms with Crippen LogP contribution in [0.3, 0.4) is 0 Å². The number of anilines is 1.